The van der Waals surface area contributed by atoms with Crippen molar-refractivity contribution in [2.24, 2.45) is 0 Å². The normalized spacial score (nSPS) is 13.8. The van der Waals surface area contributed by atoms with Crippen LogP contribution in [-0.4, -0.2) is 115 Å². The molecule has 0 bridgehead atoms. The summed E-state index contributed by atoms with van der Waals surface area (Å²) in [7, 11) is 5.64. The van der Waals surface area contributed by atoms with Gasteiger partial charge in [0.1, 0.15) is 13.2 Å². The Morgan fingerprint density at radius 2 is 1.60 bits per heavy atom. The van der Waals surface area contributed by atoms with Crippen LogP contribution >= 0.6 is 0 Å². The third kappa shape index (κ3) is 9.49. The van der Waals surface area contributed by atoms with Gasteiger partial charge in [-0.1, -0.05) is 0 Å². The van der Waals surface area contributed by atoms with Crippen molar-refractivity contribution in [1.29, 1.82) is 0 Å². The first-order chi connectivity index (χ1) is 8.46. The Bertz CT molecular complexity index is 366. The van der Waals surface area contributed by atoms with E-state index in [1.807, 2.05) is 21.1 Å². The number of quaternary nitrogens is 1. The maximum atomic E-state index is 11.4. The predicted octanol–water partition coefficient (Wildman–Crippen LogP) is -2.00. The molecule has 9 heteroatoms. The molecular weight excluding hydrogens is 298 g/mol. The van der Waals surface area contributed by atoms with Crippen LogP contribution in [0.5, 0.6) is 0 Å². The molecular formula is C11H22CaNO7+. The van der Waals surface area contributed by atoms with Crippen molar-refractivity contribution >= 4 is 55.6 Å². The van der Waals surface area contributed by atoms with Gasteiger partial charge >= 0.3 is 55.6 Å². The van der Waals surface area contributed by atoms with Crippen LogP contribution in [0, 0.1) is 0 Å². The minimum absolute atomic E-state index is 0. The molecule has 0 amide bonds. The average Bonchev–Trinajstić information content (AvgIpc) is 2.12. The van der Waals surface area contributed by atoms with Gasteiger partial charge in [-0.3, -0.25) is 9.59 Å². The van der Waals surface area contributed by atoms with Crippen LogP contribution in [0.15, 0.2) is 0 Å². The van der Waals surface area contributed by atoms with E-state index in [2.05, 4.69) is 0 Å². The SMILES string of the molecule is C[N+](C)(C)CCOC(=O)CC(O)(CC(=O)O)C(=O)O.[CaH2]. The second-order valence-corrected chi connectivity index (χ2v) is 5.32. The fourth-order valence-electron chi connectivity index (χ4n) is 1.19. The van der Waals surface area contributed by atoms with Gasteiger partial charge in [0.25, 0.3) is 0 Å². The van der Waals surface area contributed by atoms with Crippen LogP contribution in [0.3, 0.4) is 0 Å². The molecule has 1 atom stereocenters. The van der Waals surface area contributed by atoms with E-state index in [1.54, 1.807) is 0 Å². The fraction of sp³-hybridized carbons (Fsp3) is 0.727. The molecule has 0 radical (unpaired) electrons. The number of rotatable bonds is 8. The van der Waals surface area contributed by atoms with E-state index in [4.69, 9.17) is 14.9 Å². The van der Waals surface area contributed by atoms with Gasteiger partial charge in [0.15, 0.2) is 5.60 Å². The van der Waals surface area contributed by atoms with Gasteiger partial charge in [0.2, 0.25) is 0 Å². The number of aliphatic hydroxyl groups is 1. The van der Waals surface area contributed by atoms with Gasteiger partial charge in [-0.15, -0.1) is 0 Å². The third-order valence-corrected chi connectivity index (χ3v) is 2.30. The van der Waals surface area contributed by atoms with Crippen LogP contribution in [0.1, 0.15) is 12.8 Å². The van der Waals surface area contributed by atoms with Crippen molar-refractivity contribution in [3.63, 3.8) is 0 Å². The summed E-state index contributed by atoms with van der Waals surface area (Å²) >= 11 is 0. The van der Waals surface area contributed by atoms with Gasteiger partial charge in [-0.05, 0) is 0 Å². The summed E-state index contributed by atoms with van der Waals surface area (Å²) < 4.78 is 5.32. The quantitative estimate of drug-likeness (QED) is 0.269. The second kappa shape index (κ2) is 8.78. The Labute approximate surface area is 146 Å². The summed E-state index contributed by atoms with van der Waals surface area (Å²) in [6, 6.07) is 0. The number of hydrogen-bond donors (Lipinski definition) is 3. The number of esters is 1. The van der Waals surface area contributed by atoms with Crippen molar-refractivity contribution < 1.29 is 38.9 Å². The van der Waals surface area contributed by atoms with Crippen LogP contribution in [0.4, 0.5) is 0 Å². The molecule has 0 aliphatic heterocycles. The topological polar surface area (TPSA) is 121 Å². The molecule has 20 heavy (non-hydrogen) atoms. The molecule has 0 fully saturated rings. The van der Waals surface area contributed by atoms with E-state index in [-0.39, 0.29) is 44.3 Å². The number of carboxylic acid groups (broad SMARTS) is 2. The first-order valence-electron chi connectivity index (χ1n) is 5.60. The Hall–Kier alpha value is -0.410. The van der Waals surface area contributed by atoms with Gasteiger partial charge in [-0.2, -0.15) is 0 Å². The first-order valence-corrected chi connectivity index (χ1v) is 5.60. The van der Waals surface area contributed by atoms with Crippen molar-refractivity contribution in [3.05, 3.63) is 0 Å². The van der Waals surface area contributed by atoms with E-state index in [0.717, 1.165) is 0 Å². The van der Waals surface area contributed by atoms with Gasteiger partial charge in [0, 0.05) is 0 Å². The molecule has 0 saturated heterocycles. The van der Waals surface area contributed by atoms with E-state index < -0.39 is 36.4 Å². The molecule has 114 valence electrons. The van der Waals surface area contributed by atoms with Gasteiger partial charge < -0.3 is 24.5 Å². The molecule has 0 saturated carbocycles. The number of aliphatic carboxylic acids is 2. The van der Waals surface area contributed by atoms with E-state index in [0.29, 0.717) is 11.0 Å². The molecule has 1 unspecified atom stereocenters. The molecule has 0 aromatic rings. The number of likely N-dealkylation sites (N-methyl/N-ethyl adjacent to an activating group) is 1. The third-order valence-electron chi connectivity index (χ3n) is 2.30. The number of carbonyl (C=O) groups is 3. The monoisotopic (exact) mass is 320 g/mol. The van der Waals surface area contributed by atoms with Gasteiger partial charge in [-0.25, -0.2) is 4.79 Å². The number of carboxylic acids is 2. The number of ether oxygens (including phenoxy) is 1. The molecule has 0 aliphatic carbocycles. The van der Waals surface area contributed by atoms with Crippen LogP contribution in [-0.2, 0) is 19.1 Å². The zero-order valence-corrected chi connectivity index (χ0v) is 11.3. The summed E-state index contributed by atoms with van der Waals surface area (Å²) in [4.78, 5) is 32.7. The summed E-state index contributed by atoms with van der Waals surface area (Å²) in [5.74, 6) is -4.22. The first kappa shape index (κ1) is 21.9. The second-order valence-electron chi connectivity index (χ2n) is 5.32. The summed E-state index contributed by atoms with van der Waals surface area (Å²) in [6.45, 7) is 0.571. The number of nitrogens with zero attached hydrogens (tertiary/aromatic N) is 1. The van der Waals surface area contributed by atoms with E-state index in [9.17, 15) is 19.5 Å². The molecule has 3 N–H and O–H groups in total. The number of carbonyl (C=O) groups excluding carboxylic acids is 1. The van der Waals surface area contributed by atoms with Crippen molar-refractivity contribution in [2.75, 3.05) is 34.3 Å². The molecule has 0 aromatic heterocycles. The molecule has 0 rings (SSSR count). The summed E-state index contributed by atoms with van der Waals surface area (Å²) in [5.41, 5.74) is -2.64. The molecule has 0 aromatic carbocycles. The molecule has 0 aliphatic rings. The fourth-order valence-corrected chi connectivity index (χ4v) is 1.19. The van der Waals surface area contributed by atoms with Crippen molar-refractivity contribution in [1.82, 2.24) is 0 Å². The Morgan fingerprint density at radius 3 is 1.95 bits per heavy atom. The molecule has 0 spiro atoms. The van der Waals surface area contributed by atoms with Crippen molar-refractivity contribution in [3.8, 4) is 0 Å². The average molecular weight is 320 g/mol. The van der Waals surface area contributed by atoms with Crippen LogP contribution in [0.2, 0.25) is 0 Å². The maximum absolute atomic E-state index is 11.4. The Balaban J connectivity index is 0. The predicted molar refractivity (Wildman–Crippen MR) is 71.9 cm³/mol. The zero-order valence-electron chi connectivity index (χ0n) is 11.3. The summed E-state index contributed by atoms with van der Waals surface area (Å²) in [5, 5.41) is 26.9. The number of hydrogen-bond acceptors (Lipinski definition) is 5. The van der Waals surface area contributed by atoms with E-state index in [1.165, 1.54) is 0 Å². The Morgan fingerprint density at radius 1 is 1.10 bits per heavy atom. The van der Waals surface area contributed by atoms with E-state index >= 15 is 0 Å². The van der Waals surface area contributed by atoms with Crippen LogP contribution < -0.4 is 0 Å². The van der Waals surface area contributed by atoms with Gasteiger partial charge in [0.05, 0.1) is 34.0 Å². The van der Waals surface area contributed by atoms with Crippen molar-refractivity contribution in [2.45, 2.75) is 18.4 Å². The standard InChI is InChI=1S/C11H19NO7.Ca.2H/c1-12(2,3)4-5-19-9(15)7-11(18,10(16)17)6-8(13)14;;;/h18H,4-7H2,1-3H3,(H-,13,14,16,17);;;/p+1. The summed E-state index contributed by atoms with van der Waals surface area (Å²) in [6.07, 6.45) is -1.96. The minimum atomic E-state index is -2.64. The van der Waals surface area contributed by atoms with Crippen LogP contribution in [0.25, 0.3) is 0 Å². The zero-order chi connectivity index (χ0) is 15.3. The molecule has 0 heterocycles. The molecule has 8 nitrogen and oxygen atoms in total. The Kier molecular flexibility index (Phi) is 9.61.